The summed E-state index contributed by atoms with van der Waals surface area (Å²) in [4.78, 5) is 4.32. The molecule has 0 aliphatic carbocycles. The molecule has 1 aromatic carbocycles. The van der Waals surface area contributed by atoms with Gasteiger partial charge in [0.2, 0.25) is 0 Å². The molecule has 0 unspecified atom stereocenters. The lowest BCUT2D eigenvalue weighted by molar-refractivity contribution is 0.541. The average Bonchev–Trinajstić information content (AvgIpc) is 2.17. The SMILES string of the molecule is CC(C)(N)c1ncc(Cl)c2ccccc12.Cl. The first-order valence-corrected chi connectivity index (χ1v) is 5.20. The largest absolute Gasteiger partial charge is 0.321 e. The number of benzene rings is 1. The maximum Gasteiger partial charge on any atom is 0.0676 e. The zero-order valence-corrected chi connectivity index (χ0v) is 10.8. The van der Waals surface area contributed by atoms with Crippen molar-refractivity contribution in [2.24, 2.45) is 5.73 Å². The fourth-order valence-corrected chi connectivity index (χ4v) is 1.89. The third kappa shape index (κ3) is 2.29. The van der Waals surface area contributed by atoms with Gasteiger partial charge < -0.3 is 5.73 Å². The zero-order valence-electron chi connectivity index (χ0n) is 9.20. The van der Waals surface area contributed by atoms with E-state index < -0.39 is 5.54 Å². The molecule has 2 nitrogen and oxygen atoms in total. The minimum absolute atomic E-state index is 0. The third-order valence-electron chi connectivity index (χ3n) is 2.36. The number of rotatable bonds is 1. The van der Waals surface area contributed by atoms with Gasteiger partial charge in [0.1, 0.15) is 0 Å². The van der Waals surface area contributed by atoms with E-state index in [4.69, 9.17) is 17.3 Å². The molecule has 1 heterocycles. The number of pyridine rings is 1. The van der Waals surface area contributed by atoms with Crippen molar-refractivity contribution < 1.29 is 0 Å². The van der Waals surface area contributed by atoms with E-state index in [9.17, 15) is 0 Å². The Morgan fingerprint density at radius 3 is 2.31 bits per heavy atom. The predicted octanol–water partition coefficient (Wildman–Crippen LogP) is 3.50. The van der Waals surface area contributed by atoms with Crippen LogP contribution in [-0.2, 0) is 5.54 Å². The van der Waals surface area contributed by atoms with Crippen LogP contribution in [-0.4, -0.2) is 4.98 Å². The Labute approximate surface area is 106 Å². The molecule has 4 heteroatoms. The monoisotopic (exact) mass is 256 g/mol. The van der Waals surface area contributed by atoms with Crippen LogP contribution in [0.15, 0.2) is 30.5 Å². The van der Waals surface area contributed by atoms with E-state index in [-0.39, 0.29) is 12.4 Å². The normalized spacial score (nSPS) is 11.2. The molecule has 86 valence electrons. The molecule has 1 aromatic heterocycles. The molecule has 2 rings (SSSR count). The van der Waals surface area contributed by atoms with Gasteiger partial charge in [-0.2, -0.15) is 0 Å². The lowest BCUT2D eigenvalue weighted by atomic mass is 9.96. The Bertz CT molecular complexity index is 504. The van der Waals surface area contributed by atoms with Crippen molar-refractivity contribution >= 4 is 34.8 Å². The Balaban J connectivity index is 0.00000128. The Hall–Kier alpha value is -0.830. The van der Waals surface area contributed by atoms with Crippen LogP contribution in [0, 0.1) is 0 Å². The van der Waals surface area contributed by atoms with Gasteiger partial charge in [-0.25, -0.2) is 0 Å². The number of nitrogens with zero attached hydrogens (tertiary/aromatic N) is 1. The number of hydrogen-bond acceptors (Lipinski definition) is 2. The molecular weight excluding hydrogens is 243 g/mol. The molecule has 0 spiro atoms. The van der Waals surface area contributed by atoms with Crippen LogP contribution in [0.4, 0.5) is 0 Å². The summed E-state index contributed by atoms with van der Waals surface area (Å²) < 4.78 is 0. The van der Waals surface area contributed by atoms with Crippen molar-refractivity contribution in [3.05, 3.63) is 41.2 Å². The van der Waals surface area contributed by atoms with E-state index in [0.29, 0.717) is 5.02 Å². The summed E-state index contributed by atoms with van der Waals surface area (Å²) in [7, 11) is 0. The summed E-state index contributed by atoms with van der Waals surface area (Å²) in [5.41, 5.74) is 6.49. The molecule has 0 saturated heterocycles. The van der Waals surface area contributed by atoms with Gasteiger partial charge in [0.15, 0.2) is 0 Å². The fraction of sp³-hybridized carbons (Fsp3) is 0.250. The number of nitrogens with two attached hydrogens (primary N) is 1. The van der Waals surface area contributed by atoms with Crippen molar-refractivity contribution in [1.29, 1.82) is 0 Å². The van der Waals surface area contributed by atoms with E-state index in [2.05, 4.69) is 4.98 Å². The van der Waals surface area contributed by atoms with Crippen molar-refractivity contribution in [2.45, 2.75) is 19.4 Å². The molecule has 0 saturated carbocycles. The van der Waals surface area contributed by atoms with Gasteiger partial charge in [0, 0.05) is 17.0 Å². The minimum atomic E-state index is -0.454. The lowest BCUT2D eigenvalue weighted by Gasteiger charge is -2.20. The highest BCUT2D eigenvalue weighted by Crippen LogP contribution is 2.29. The summed E-state index contributed by atoms with van der Waals surface area (Å²) in [6.07, 6.45) is 1.66. The van der Waals surface area contributed by atoms with Gasteiger partial charge in [0.05, 0.1) is 16.3 Å². The van der Waals surface area contributed by atoms with Crippen LogP contribution in [0.3, 0.4) is 0 Å². The maximum absolute atomic E-state index is 6.08. The molecule has 2 aromatic rings. The van der Waals surface area contributed by atoms with Crippen LogP contribution in [0.5, 0.6) is 0 Å². The number of fused-ring (bicyclic) bond motifs is 1. The van der Waals surface area contributed by atoms with Crippen molar-refractivity contribution in [2.75, 3.05) is 0 Å². The summed E-state index contributed by atoms with van der Waals surface area (Å²) in [6, 6.07) is 7.91. The summed E-state index contributed by atoms with van der Waals surface area (Å²) in [5, 5.41) is 2.69. The quantitative estimate of drug-likeness (QED) is 0.849. The first-order valence-electron chi connectivity index (χ1n) is 4.83. The van der Waals surface area contributed by atoms with Gasteiger partial charge in [-0.05, 0) is 13.8 Å². The Kier molecular flexibility index (Phi) is 3.79. The molecule has 0 amide bonds. The first kappa shape index (κ1) is 13.2. The van der Waals surface area contributed by atoms with Crippen molar-refractivity contribution in [3.63, 3.8) is 0 Å². The summed E-state index contributed by atoms with van der Waals surface area (Å²) in [6.45, 7) is 3.88. The Morgan fingerprint density at radius 1 is 1.19 bits per heavy atom. The highest BCUT2D eigenvalue weighted by Gasteiger charge is 2.19. The highest BCUT2D eigenvalue weighted by molar-refractivity contribution is 6.35. The van der Waals surface area contributed by atoms with E-state index in [1.807, 2.05) is 38.1 Å². The van der Waals surface area contributed by atoms with Gasteiger partial charge in [-0.3, -0.25) is 4.98 Å². The van der Waals surface area contributed by atoms with Gasteiger partial charge in [-0.1, -0.05) is 35.9 Å². The van der Waals surface area contributed by atoms with Gasteiger partial charge >= 0.3 is 0 Å². The van der Waals surface area contributed by atoms with E-state index in [0.717, 1.165) is 16.5 Å². The van der Waals surface area contributed by atoms with Crippen LogP contribution >= 0.6 is 24.0 Å². The molecule has 0 aliphatic rings. The first-order chi connectivity index (χ1) is 7.00. The highest BCUT2D eigenvalue weighted by atomic mass is 35.5. The van der Waals surface area contributed by atoms with Crippen molar-refractivity contribution in [1.82, 2.24) is 4.98 Å². The average molecular weight is 257 g/mol. The molecule has 16 heavy (non-hydrogen) atoms. The molecule has 0 fully saturated rings. The van der Waals surface area contributed by atoms with Crippen LogP contribution in [0.2, 0.25) is 5.02 Å². The number of hydrogen-bond donors (Lipinski definition) is 1. The predicted molar refractivity (Wildman–Crippen MR) is 71.2 cm³/mol. The molecule has 0 bridgehead atoms. The van der Waals surface area contributed by atoms with Crippen LogP contribution < -0.4 is 5.73 Å². The molecule has 2 N–H and O–H groups in total. The second-order valence-electron chi connectivity index (χ2n) is 4.22. The molecular formula is C12H14Cl2N2. The second-order valence-corrected chi connectivity index (χ2v) is 4.63. The zero-order chi connectivity index (χ0) is 11.1. The van der Waals surface area contributed by atoms with Crippen LogP contribution in [0.1, 0.15) is 19.5 Å². The fourth-order valence-electron chi connectivity index (χ4n) is 1.67. The molecule has 0 atom stereocenters. The van der Waals surface area contributed by atoms with E-state index >= 15 is 0 Å². The molecule has 0 radical (unpaired) electrons. The minimum Gasteiger partial charge on any atom is -0.321 e. The third-order valence-corrected chi connectivity index (χ3v) is 2.66. The molecule has 0 aliphatic heterocycles. The number of aromatic nitrogens is 1. The van der Waals surface area contributed by atoms with E-state index in [1.54, 1.807) is 6.20 Å². The number of halogens is 2. The lowest BCUT2D eigenvalue weighted by Crippen LogP contribution is -2.30. The summed E-state index contributed by atoms with van der Waals surface area (Å²) >= 11 is 6.08. The van der Waals surface area contributed by atoms with Gasteiger partial charge in [-0.15, -0.1) is 12.4 Å². The van der Waals surface area contributed by atoms with Gasteiger partial charge in [0.25, 0.3) is 0 Å². The Morgan fingerprint density at radius 2 is 1.75 bits per heavy atom. The maximum atomic E-state index is 6.08. The van der Waals surface area contributed by atoms with Crippen molar-refractivity contribution in [3.8, 4) is 0 Å². The van der Waals surface area contributed by atoms with E-state index in [1.165, 1.54) is 0 Å². The second kappa shape index (κ2) is 4.58. The smallest absolute Gasteiger partial charge is 0.0676 e. The summed E-state index contributed by atoms with van der Waals surface area (Å²) in [5.74, 6) is 0. The standard InChI is InChI=1S/C12H13ClN2.ClH/c1-12(2,14)11-9-6-4-3-5-8(9)10(13)7-15-11;/h3-7H,14H2,1-2H3;1H. The van der Waals surface area contributed by atoms with Crippen LogP contribution in [0.25, 0.3) is 10.8 Å². The topological polar surface area (TPSA) is 38.9 Å².